The number of nitrogens with one attached hydrogen (secondary N) is 1. The molecule has 0 aliphatic carbocycles. The molecule has 3 aromatic rings. The molecular formula is C19H14N4O4S. The fourth-order valence-electron chi connectivity index (χ4n) is 2.43. The quantitative estimate of drug-likeness (QED) is 0.295. The number of anilines is 1. The van der Waals surface area contributed by atoms with Crippen molar-refractivity contribution in [2.24, 2.45) is 0 Å². The van der Waals surface area contributed by atoms with Crippen molar-refractivity contribution in [3.63, 3.8) is 0 Å². The summed E-state index contributed by atoms with van der Waals surface area (Å²) in [4.78, 5) is 27.7. The van der Waals surface area contributed by atoms with E-state index in [1.165, 1.54) is 29.5 Å². The molecule has 2 heterocycles. The molecule has 0 fully saturated rings. The molecule has 0 bridgehead atoms. The van der Waals surface area contributed by atoms with Gasteiger partial charge in [-0.3, -0.25) is 20.2 Å². The predicted octanol–water partition coefficient (Wildman–Crippen LogP) is 4.47. The van der Waals surface area contributed by atoms with Gasteiger partial charge in [0.25, 0.3) is 11.6 Å². The van der Waals surface area contributed by atoms with Crippen molar-refractivity contribution < 1.29 is 14.1 Å². The standard InChI is InChI=1S/C19H14N4O4S/c1-11-3-4-14(23(25)26)8-16(11)17-6-5-15(27-17)7-13(9-20)18(24)22-19-21-10-12(2)28-19/h3-8,10H,1-2H3,(H,21,22,24). The van der Waals surface area contributed by atoms with Gasteiger partial charge >= 0.3 is 0 Å². The number of thiazole rings is 1. The second-order valence-corrected chi connectivity index (χ2v) is 7.09. The van der Waals surface area contributed by atoms with Crippen LogP contribution in [0.4, 0.5) is 10.8 Å². The summed E-state index contributed by atoms with van der Waals surface area (Å²) in [6.45, 7) is 3.66. The SMILES string of the molecule is Cc1cnc(NC(=O)C(C#N)=Cc2ccc(-c3cc([N+](=O)[O-])ccc3C)o2)s1. The molecule has 140 valence electrons. The molecule has 0 saturated carbocycles. The Kier molecular flexibility index (Phi) is 5.33. The molecule has 0 atom stereocenters. The van der Waals surface area contributed by atoms with Gasteiger partial charge < -0.3 is 4.42 Å². The van der Waals surface area contributed by atoms with Crippen LogP contribution in [0.2, 0.25) is 0 Å². The third-order valence-electron chi connectivity index (χ3n) is 3.82. The van der Waals surface area contributed by atoms with E-state index in [0.717, 1.165) is 10.4 Å². The maximum absolute atomic E-state index is 12.3. The Labute approximate surface area is 163 Å². The summed E-state index contributed by atoms with van der Waals surface area (Å²) >= 11 is 1.30. The highest BCUT2D eigenvalue weighted by Gasteiger charge is 2.15. The number of amides is 1. The number of carbonyl (C=O) groups is 1. The molecular weight excluding hydrogens is 380 g/mol. The summed E-state index contributed by atoms with van der Waals surface area (Å²) in [7, 11) is 0. The number of aryl methyl sites for hydroxylation is 2. The van der Waals surface area contributed by atoms with Crippen LogP contribution in [-0.2, 0) is 4.79 Å². The highest BCUT2D eigenvalue weighted by molar-refractivity contribution is 7.15. The Morgan fingerprint density at radius 1 is 1.36 bits per heavy atom. The van der Waals surface area contributed by atoms with Crippen LogP contribution in [-0.4, -0.2) is 15.8 Å². The number of hydrogen-bond acceptors (Lipinski definition) is 7. The molecule has 0 saturated heterocycles. The summed E-state index contributed by atoms with van der Waals surface area (Å²) in [5, 5.41) is 23.2. The Bertz CT molecular complexity index is 1140. The third kappa shape index (κ3) is 4.13. The Morgan fingerprint density at radius 2 is 2.14 bits per heavy atom. The Balaban J connectivity index is 1.86. The summed E-state index contributed by atoms with van der Waals surface area (Å²) in [5.41, 5.74) is 1.16. The van der Waals surface area contributed by atoms with Crippen molar-refractivity contribution in [2.75, 3.05) is 5.32 Å². The van der Waals surface area contributed by atoms with Gasteiger partial charge in [0.05, 0.1) is 4.92 Å². The lowest BCUT2D eigenvalue weighted by Crippen LogP contribution is -2.13. The van der Waals surface area contributed by atoms with E-state index in [1.54, 1.807) is 31.3 Å². The topological polar surface area (TPSA) is 122 Å². The van der Waals surface area contributed by atoms with Crippen molar-refractivity contribution in [3.8, 4) is 17.4 Å². The minimum absolute atomic E-state index is 0.0510. The van der Waals surface area contributed by atoms with E-state index in [-0.39, 0.29) is 17.0 Å². The number of nitro benzene ring substituents is 1. The van der Waals surface area contributed by atoms with Gasteiger partial charge in [0.1, 0.15) is 23.2 Å². The average Bonchev–Trinajstić information content (AvgIpc) is 3.28. The van der Waals surface area contributed by atoms with Crippen molar-refractivity contribution >= 4 is 34.1 Å². The molecule has 9 heteroatoms. The normalized spacial score (nSPS) is 11.1. The zero-order valence-electron chi connectivity index (χ0n) is 14.9. The zero-order chi connectivity index (χ0) is 20.3. The number of nitriles is 1. The van der Waals surface area contributed by atoms with Gasteiger partial charge in [-0.25, -0.2) is 4.98 Å². The molecule has 1 N–H and O–H groups in total. The summed E-state index contributed by atoms with van der Waals surface area (Å²) in [5.74, 6) is 0.0879. The van der Waals surface area contributed by atoms with Crippen LogP contribution in [0.15, 0.2) is 46.5 Å². The number of rotatable bonds is 5. The molecule has 0 radical (unpaired) electrons. The molecule has 0 unspecified atom stereocenters. The number of nitrogens with zero attached hydrogens (tertiary/aromatic N) is 3. The van der Waals surface area contributed by atoms with Crippen molar-refractivity contribution in [3.05, 3.63) is 68.4 Å². The van der Waals surface area contributed by atoms with Gasteiger partial charge in [-0.05, 0) is 31.5 Å². The molecule has 28 heavy (non-hydrogen) atoms. The summed E-state index contributed by atoms with van der Waals surface area (Å²) < 4.78 is 5.68. The van der Waals surface area contributed by atoms with E-state index in [1.807, 2.05) is 13.0 Å². The fraction of sp³-hybridized carbons (Fsp3) is 0.105. The van der Waals surface area contributed by atoms with Crippen LogP contribution in [0.25, 0.3) is 17.4 Å². The van der Waals surface area contributed by atoms with Gasteiger partial charge in [0.15, 0.2) is 5.13 Å². The predicted molar refractivity (Wildman–Crippen MR) is 105 cm³/mol. The second kappa shape index (κ2) is 7.85. The molecule has 2 aromatic heterocycles. The number of aromatic nitrogens is 1. The molecule has 1 amide bonds. The Morgan fingerprint density at radius 3 is 2.79 bits per heavy atom. The van der Waals surface area contributed by atoms with E-state index in [4.69, 9.17) is 4.42 Å². The van der Waals surface area contributed by atoms with Gasteiger partial charge in [0.2, 0.25) is 0 Å². The molecule has 0 aliphatic rings. The number of hydrogen-bond donors (Lipinski definition) is 1. The first kappa shape index (κ1) is 19.0. The zero-order valence-corrected chi connectivity index (χ0v) is 15.7. The highest BCUT2D eigenvalue weighted by atomic mass is 32.1. The van der Waals surface area contributed by atoms with Gasteiger partial charge in [-0.15, -0.1) is 11.3 Å². The first-order chi connectivity index (χ1) is 13.4. The van der Waals surface area contributed by atoms with Crippen LogP contribution in [0.5, 0.6) is 0 Å². The van der Waals surface area contributed by atoms with Gasteiger partial charge in [0, 0.05) is 34.8 Å². The number of furan rings is 1. The van der Waals surface area contributed by atoms with Crippen molar-refractivity contribution in [2.45, 2.75) is 13.8 Å². The van der Waals surface area contributed by atoms with Crippen LogP contribution < -0.4 is 5.32 Å². The molecule has 3 rings (SSSR count). The number of carbonyl (C=O) groups excluding carboxylic acids is 1. The average molecular weight is 394 g/mol. The van der Waals surface area contributed by atoms with E-state index in [2.05, 4.69) is 10.3 Å². The number of non-ortho nitro benzene ring substituents is 1. The largest absolute Gasteiger partial charge is 0.457 e. The van der Waals surface area contributed by atoms with Crippen LogP contribution in [0, 0.1) is 35.3 Å². The summed E-state index contributed by atoms with van der Waals surface area (Å²) in [6, 6.07) is 9.53. The smallest absolute Gasteiger partial charge is 0.270 e. The molecule has 0 spiro atoms. The second-order valence-electron chi connectivity index (χ2n) is 5.86. The number of nitro groups is 1. The van der Waals surface area contributed by atoms with E-state index in [9.17, 15) is 20.2 Å². The maximum atomic E-state index is 12.3. The third-order valence-corrected chi connectivity index (χ3v) is 4.65. The van der Waals surface area contributed by atoms with E-state index < -0.39 is 10.8 Å². The van der Waals surface area contributed by atoms with Gasteiger partial charge in [-0.2, -0.15) is 5.26 Å². The minimum atomic E-state index is -0.596. The maximum Gasteiger partial charge on any atom is 0.270 e. The monoisotopic (exact) mass is 394 g/mol. The van der Waals surface area contributed by atoms with Crippen LogP contribution >= 0.6 is 11.3 Å². The first-order valence-electron chi connectivity index (χ1n) is 8.08. The van der Waals surface area contributed by atoms with Crippen molar-refractivity contribution in [1.29, 1.82) is 5.26 Å². The lowest BCUT2D eigenvalue weighted by atomic mass is 10.1. The van der Waals surface area contributed by atoms with Crippen molar-refractivity contribution in [1.82, 2.24) is 4.98 Å². The lowest BCUT2D eigenvalue weighted by Gasteiger charge is -2.02. The van der Waals surface area contributed by atoms with Gasteiger partial charge in [-0.1, -0.05) is 6.07 Å². The summed E-state index contributed by atoms with van der Waals surface area (Å²) in [6.07, 6.45) is 2.93. The first-order valence-corrected chi connectivity index (χ1v) is 8.90. The van der Waals surface area contributed by atoms with E-state index in [0.29, 0.717) is 16.5 Å². The molecule has 8 nitrogen and oxygen atoms in total. The Hall–Kier alpha value is -3.77. The van der Waals surface area contributed by atoms with Crippen LogP contribution in [0.3, 0.4) is 0 Å². The fourth-order valence-corrected chi connectivity index (χ4v) is 3.09. The van der Waals surface area contributed by atoms with E-state index >= 15 is 0 Å². The highest BCUT2D eigenvalue weighted by Crippen LogP contribution is 2.30. The number of benzene rings is 1. The lowest BCUT2D eigenvalue weighted by molar-refractivity contribution is -0.384. The van der Waals surface area contributed by atoms with Crippen LogP contribution in [0.1, 0.15) is 16.2 Å². The molecule has 0 aliphatic heterocycles. The molecule has 1 aromatic carbocycles. The minimum Gasteiger partial charge on any atom is -0.457 e.